The summed E-state index contributed by atoms with van der Waals surface area (Å²) in [5.74, 6) is 0. The van der Waals surface area contributed by atoms with E-state index in [2.05, 4.69) is 36.1 Å². The summed E-state index contributed by atoms with van der Waals surface area (Å²) in [6.45, 7) is 5.34. The van der Waals surface area contributed by atoms with Crippen molar-refractivity contribution < 1.29 is 0 Å². The molecule has 2 rings (SSSR count). The second kappa shape index (κ2) is 4.23. The molecule has 0 radical (unpaired) electrons. The largest absolute Gasteiger partial charge is 0.369 e. The monoisotopic (exact) mass is 204 g/mol. The molecule has 0 bridgehead atoms. The van der Waals surface area contributed by atoms with Crippen LogP contribution in [0.4, 0.5) is 5.69 Å². The summed E-state index contributed by atoms with van der Waals surface area (Å²) in [4.78, 5) is 2.48. The molecule has 2 nitrogen and oxygen atoms in total. The van der Waals surface area contributed by atoms with Crippen LogP contribution in [-0.2, 0) is 0 Å². The SMILES string of the molecule is CCN(c1ccc([C@@H](C)N)cc1)C1CC1. The highest BCUT2D eigenvalue weighted by Gasteiger charge is 2.27. The fourth-order valence-corrected chi connectivity index (χ4v) is 2.01. The van der Waals surface area contributed by atoms with Crippen LogP contribution in [0, 0.1) is 0 Å². The fourth-order valence-electron chi connectivity index (χ4n) is 2.01. The minimum Gasteiger partial charge on any atom is -0.369 e. The van der Waals surface area contributed by atoms with Crippen molar-refractivity contribution in [2.45, 2.75) is 38.8 Å². The molecular formula is C13H20N2. The number of benzene rings is 1. The van der Waals surface area contributed by atoms with Crippen molar-refractivity contribution in [3.63, 3.8) is 0 Å². The van der Waals surface area contributed by atoms with Crippen LogP contribution in [0.3, 0.4) is 0 Å². The molecule has 0 saturated heterocycles. The molecule has 0 unspecified atom stereocenters. The first-order valence-electron chi connectivity index (χ1n) is 5.84. The molecule has 0 amide bonds. The molecule has 0 heterocycles. The molecule has 1 fully saturated rings. The Morgan fingerprint density at radius 3 is 2.33 bits per heavy atom. The number of hydrogen-bond donors (Lipinski definition) is 1. The van der Waals surface area contributed by atoms with Gasteiger partial charge in [-0.05, 0) is 44.4 Å². The molecule has 0 spiro atoms. The maximum absolute atomic E-state index is 5.83. The predicted octanol–water partition coefficient (Wildman–Crippen LogP) is 2.70. The van der Waals surface area contributed by atoms with Gasteiger partial charge in [-0.2, -0.15) is 0 Å². The Morgan fingerprint density at radius 2 is 1.93 bits per heavy atom. The second-order valence-corrected chi connectivity index (χ2v) is 4.40. The van der Waals surface area contributed by atoms with Gasteiger partial charge in [-0.1, -0.05) is 12.1 Å². The zero-order valence-corrected chi connectivity index (χ0v) is 9.61. The normalized spacial score (nSPS) is 17.5. The number of hydrogen-bond acceptors (Lipinski definition) is 2. The summed E-state index contributed by atoms with van der Waals surface area (Å²) in [5, 5.41) is 0. The van der Waals surface area contributed by atoms with Gasteiger partial charge in [-0.3, -0.25) is 0 Å². The number of anilines is 1. The Labute approximate surface area is 92.1 Å². The zero-order chi connectivity index (χ0) is 10.8. The molecule has 0 aromatic heterocycles. The first-order valence-corrected chi connectivity index (χ1v) is 5.84. The van der Waals surface area contributed by atoms with E-state index in [9.17, 15) is 0 Å². The average Bonchev–Trinajstić information content (AvgIpc) is 3.04. The lowest BCUT2D eigenvalue weighted by molar-refractivity contribution is 0.809. The van der Waals surface area contributed by atoms with Crippen LogP contribution in [-0.4, -0.2) is 12.6 Å². The van der Waals surface area contributed by atoms with Gasteiger partial charge in [-0.15, -0.1) is 0 Å². The summed E-state index contributed by atoms with van der Waals surface area (Å²) in [6.07, 6.45) is 2.70. The van der Waals surface area contributed by atoms with Crippen LogP contribution in [0.2, 0.25) is 0 Å². The molecule has 15 heavy (non-hydrogen) atoms. The Balaban J connectivity index is 2.14. The summed E-state index contributed by atoms with van der Waals surface area (Å²) in [7, 11) is 0. The molecule has 2 N–H and O–H groups in total. The van der Waals surface area contributed by atoms with Gasteiger partial charge in [0.2, 0.25) is 0 Å². The third-order valence-corrected chi connectivity index (χ3v) is 3.08. The Hall–Kier alpha value is -1.02. The third kappa shape index (κ3) is 2.32. The molecule has 1 aromatic rings. The van der Waals surface area contributed by atoms with Crippen molar-refractivity contribution in [3.05, 3.63) is 29.8 Å². The van der Waals surface area contributed by atoms with Crippen LogP contribution in [0.1, 0.15) is 38.3 Å². The molecular weight excluding hydrogens is 184 g/mol. The minimum atomic E-state index is 0.134. The highest BCUT2D eigenvalue weighted by molar-refractivity contribution is 5.49. The van der Waals surface area contributed by atoms with Crippen molar-refractivity contribution in [1.29, 1.82) is 0 Å². The number of rotatable bonds is 4. The van der Waals surface area contributed by atoms with Crippen molar-refractivity contribution in [3.8, 4) is 0 Å². The van der Waals surface area contributed by atoms with Crippen molar-refractivity contribution in [2.24, 2.45) is 5.73 Å². The van der Waals surface area contributed by atoms with E-state index in [1.54, 1.807) is 0 Å². The van der Waals surface area contributed by atoms with Gasteiger partial charge >= 0.3 is 0 Å². The zero-order valence-electron chi connectivity index (χ0n) is 9.61. The molecule has 2 heteroatoms. The Morgan fingerprint density at radius 1 is 1.33 bits per heavy atom. The van der Waals surface area contributed by atoms with E-state index < -0.39 is 0 Å². The van der Waals surface area contributed by atoms with Gasteiger partial charge in [0.15, 0.2) is 0 Å². The summed E-state index contributed by atoms with van der Waals surface area (Å²) in [6, 6.07) is 9.60. The highest BCUT2D eigenvalue weighted by atomic mass is 15.2. The van der Waals surface area contributed by atoms with Gasteiger partial charge in [0.1, 0.15) is 0 Å². The lowest BCUT2D eigenvalue weighted by Gasteiger charge is -2.23. The van der Waals surface area contributed by atoms with E-state index in [1.807, 2.05) is 6.92 Å². The fraction of sp³-hybridized carbons (Fsp3) is 0.538. The molecule has 1 aliphatic carbocycles. The van der Waals surface area contributed by atoms with Crippen LogP contribution >= 0.6 is 0 Å². The molecule has 1 atom stereocenters. The molecule has 1 saturated carbocycles. The van der Waals surface area contributed by atoms with Crippen LogP contribution in [0.25, 0.3) is 0 Å². The third-order valence-electron chi connectivity index (χ3n) is 3.08. The van der Waals surface area contributed by atoms with E-state index >= 15 is 0 Å². The van der Waals surface area contributed by atoms with Crippen LogP contribution < -0.4 is 10.6 Å². The Bertz CT molecular complexity index is 312. The maximum Gasteiger partial charge on any atom is 0.0368 e. The van der Waals surface area contributed by atoms with E-state index in [4.69, 9.17) is 5.73 Å². The number of nitrogens with two attached hydrogens (primary N) is 1. The smallest absolute Gasteiger partial charge is 0.0368 e. The molecule has 1 aromatic carbocycles. The van der Waals surface area contributed by atoms with E-state index in [1.165, 1.54) is 24.1 Å². The quantitative estimate of drug-likeness (QED) is 0.817. The topological polar surface area (TPSA) is 29.3 Å². The van der Waals surface area contributed by atoms with Crippen molar-refractivity contribution in [1.82, 2.24) is 0 Å². The van der Waals surface area contributed by atoms with Crippen LogP contribution in [0.5, 0.6) is 0 Å². The Kier molecular flexibility index (Phi) is 2.96. The molecule has 1 aliphatic rings. The maximum atomic E-state index is 5.83. The first kappa shape index (κ1) is 10.5. The summed E-state index contributed by atoms with van der Waals surface area (Å²) >= 11 is 0. The lowest BCUT2D eigenvalue weighted by atomic mass is 10.1. The van der Waals surface area contributed by atoms with E-state index in [-0.39, 0.29) is 6.04 Å². The first-order chi connectivity index (χ1) is 7.22. The van der Waals surface area contributed by atoms with E-state index in [0.29, 0.717) is 0 Å². The summed E-state index contributed by atoms with van der Waals surface area (Å²) in [5.41, 5.74) is 8.38. The van der Waals surface area contributed by atoms with Gasteiger partial charge in [0.05, 0.1) is 0 Å². The molecule has 82 valence electrons. The van der Waals surface area contributed by atoms with Gasteiger partial charge in [0.25, 0.3) is 0 Å². The van der Waals surface area contributed by atoms with Gasteiger partial charge in [-0.25, -0.2) is 0 Å². The molecule has 0 aliphatic heterocycles. The predicted molar refractivity (Wildman–Crippen MR) is 65.1 cm³/mol. The lowest BCUT2D eigenvalue weighted by Crippen LogP contribution is -2.24. The standard InChI is InChI=1S/C13H20N2/c1-3-15(13-8-9-13)12-6-4-11(5-7-12)10(2)14/h4-7,10,13H,3,8-9,14H2,1-2H3/t10-/m1/s1. The average molecular weight is 204 g/mol. The summed E-state index contributed by atoms with van der Waals surface area (Å²) < 4.78 is 0. The van der Waals surface area contributed by atoms with Crippen molar-refractivity contribution in [2.75, 3.05) is 11.4 Å². The van der Waals surface area contributed by atoms with Gasteiger partial charge < -0.3 is 10.6 Å². The second-order valence-electron chi connectivity index (χ2n) is 4.40. The van der Waals surface area contributed by atoms with Crippen molar-refractivity contribution >= 4 is 5.69 Å². The van der Waals surface area contributed by atoms with E-state index in [0.717, 1.165) is 12.6 Å². The van der Waals surface area contributed by atoms with Gasteiger partial charge in [0, 0.05) is 24.3 Å². The highest BCUT2D eigenvalue weighted by Crippen LogP contribution is 2.31. The number of nitrogens with zero attached hydrogens (tertiary/aromatic N) is 1. The minimum absolute atomic E-state index is 0.134. The van der Waals surface area contributed by atoms with Crippen LogP contribution in [0.15, 0.2) is 24.3 Å².